The molecule has 1 aliphatic carbocycles. The smallest absolute Gasteiger partial charge is 0.311 e. The summed E-state index contributed by atoms with van der Waals surface area (Å²) in [6, 6.07) is 10.4. The number of benzene rings is 1. The topological polar surface area (TPSA) is 31.2 Å². The highest BCUT2D eigenvalue weighted by Gasteiger charge is 2.69. The van der Waals surface area contributed by atoms with Crippen LogP contribution in [0.3, 0.4) is 0 Å². The molecule has 0 atom stereocenters. The fourth-order valence-corrected chi connectivity index (χ4v) is 3.78. The Morgan fingerprint density at radius 2 is 1.71 bits per heavy atom. The summed E-state index contributed by atoms with van der Waals surface area (Å²) >= 11 is 3.45. The van der Waals surface area contributed by atoms with Gasteiger partial charge in [-0.25, -0.2) is 0 Å². The zero-order valence-electron chi connectivity index (χ0n) is 14.7. The third kappa shape index (κ3) is 3.16. The second-order valence-electron chi connectivity index (χ2n) is 7.81. The highest BCUT2D eigenvalue weighted by molar-refractivity contribution is 9.10. The van der Waals surface area contributed by atoms with E-state index in [-0.39, 0.29) is 29.4 Å². The second kappa shape index (κ2) is 6.07. The first-order chi connectivity index (χ1) is 11.2. The van der Waals surface area contributed by atoms with Gasteiger partial charge >= 0.3 is 5.97 Å². The summed E-state index contributed by atoms with van der Waals surface area (Å²) in [7, 11) is 0. The van der Waals surface area contributed by atoms with Crippen molar-refractivity contribution in [2.75, 3.05) is 0 Å². The van der Waals surface area contributed by atoms with Crippen LogP contribution < -0.4 is 0 Å². The Balaban J connectivity index is 1.55. The summed E-state index contributed by atoms with van der Waals surface area (Å²) < 4.78 is 8.53. The Bertz CT molecular complexity index is 729. The molecule has 24 heavy (non-hydrogen) atoms. The van der Waals surface area contributed by atoms with E-state index in [1.165, 1.54) is 11.1 Å². The van der Waals surface area contributed by atoms with Crippen LogP contribution in [0.1, 0.15) is 38.8 Å². The van der Waals surface area contributed by atoms with Gasteiger partial charge in [0, 0.05) is 16.9 Å². The van der Waals surface area contributed by atoms with Gasteiger partial charge in [0.05, 0.1) is 5.92 Å². The van der Waals surface area contributed by atoms with E-state index >= 15 is 0 Å². The zero-order valence-corrected chi connectivity index (χ0v) is 16.3. The largest absolute Gasteiger partial charge is 0.444 e. The normalized spacial score (nSPS) is 18.4. The molecule has 0 N–H and O–H groups in total. The van der Waals surface area contributed by atoms with Gasteiger partial charge in [0.15, 0.2) is 6.73 Å². The molecule has 1 fully saturated rings. The number of rotatable bonds is 5. The molecule has 1 aromatic heterocycles. The van der Waals surface area contributed by atoms with Crippen molar-refractivity contribution in [3.05, 3.63) is 58.3 Å². The van der Waals surface area contributed by atoms with E-state index in [9.17, 15) is 4.79 Å². The molecule has 1 heterocycles. The Morgan fingerprint density at radius 1 is 1.08 bits per heavy atom. The monoisotopic (exact) mass is 389 g/mol. The van der Waals surface area contributed by atoms with Crippen molar-refractivity contribution in [1.82, 2.24) is 4.57 Å². The molecule has 1 aliphatic rings. The minimum Gasteiger partial charge on any atom is -0.444 e. The highest BCUT2D eigenvalue weighted by atomic mass is 79.9. The predicted octanol–water partition coefficient (Wildman–Crippen LogP) is 5.02. The van der Waals surface area contributed by atoms with Gasteiger partial charge in [0.25, 0.3) is 0 Å². The Hall–Kier alpha value is -1.55. The molecule has 0 spiro atoms. The number of esters is 1. The summed E-state index contributed by atoms with van der Waals surface area (Å²) in [4.78, 5) is 12.3. The van der Waals surface area contributed by atoms with E-state index in [1.807, 2.05) is 29.1 Å². The standard InChI is InChI=1S/C20H24BrNO2/c1-19(2)17(20(19,3)4)18(23)24-13-22-10-9-15(12-22)11-14-5-7-16(21)8-6-14/h5-10,12,17H,11,13H2,1-4H3. The molecule has 2 aromatic rings. The van der Waals surface area contributed by atoms with E-state index < -0.39 is 0 Å². The highest BCUT2D eigenvalue weighted by Crippen LogP contribution is 2.68. The van der Waals surface area contributed by atoms with Crippen LogP contribution in [0.2, 0.25) is 0 Å². The summed E-state index contributed by atoms with van der Waals surface area (Å²) in [6.45, 7) is 8.80. The van der Waals surface area contributed by atoms with E-state index in [2.05, 4.69) is 61.8 Å². The van der Waals surface area contributed by atoms with E-state index in [0.29, 0.717) is 0 Å². The van der Waals surface area contributed by atoms with Crippen LogP contribution in [0, 0.1) is 16.7 Å². The lowest BCUT2D eigenvalue weighted by Gasteiger charge is -2.07. The SMILES string of the molecule is CC1(C)C(C(=O)OCn2ccc(Cc3ccc(Br)cc3)c2)C1(C)C. The third-order valence-electron chi connectivity index (χ3n) is 5.75. The zero-order chi connectivity index (χ0) is 17.5. The van der Waals surface area contributed by atoms with Crippen molar-refractivity contribution in [3.63, 3.8) is 0 Å². The molecule has 3 nitrogen and oxygen atoms in total. The molecule has 0 aliphatic heterocycles. The van der Waals surface area contributed by atoms with Gasteiger partial charge in [-0.1, -0.05) is 55.8 Å². The van der Waals surface area contributed by atoms with Gasteiger partial charge in [0.1, 0.15) is 0 Å². The van der Waals surface area contributed by atoms with Crippen molar-refractivity contribution in [2.24, 2.45) is 16.7 Å². The second-order valence-corrected chi connectivity index (χ2v) is 8.72. The maximum Gasteiger partial charge on any atom is 0.311 e. The Labute approximate surface area is 152 Å². The van der Waals surface area contributed by atoms with E-state index in [1.54, 1.807) is 0 Å². The van der Waals surface area contributed by atoms with Gasteiger partial charge in [0.2, 0.25) is 0 Å². The number of nitrogens with zero attached hydrogens (tertiary/aromatic N) is 1. The molecule has 0 saturated heterocycles. The van der Waals surface area contributed by atoms with Crippen LogP contribution in [0.15, 0.2) is 47.2 Å². The Morgan fingerprint density at radius 3 is 2.29 bits per heavy atom. The number of hydrogen-bond donors (Lipinski definition) is 0. The molecule has 4 heteroatoms. The lowest BCUT2D eigenvalue weighted by atomic mass is 10.0. The lowest BCUT2D eigenvalue weighted by molar-refractivity contribution is -0.150. The van der Waals surface area contributed by atoms with Crippen LogP contribution in [-0.4, -0.2) is 10.5 Å². The van der Waals surface area contributed by atoms with Crippen molar-refractivity contribution >= 4 is 21.9 Å². The van der Waals surface area contributed by atoms with Crippen LogP contribution in [0.5, 0.6) is 0 Å². The van der Waals surface area contributed by atoms with Crippen molar-refractivity contribution in [2.45, 2.75) is 40.8 Å². The first kappa shape index (κ1) is 17.3. The van der Waals surface area contributed by atoms with Crippen LogP contribution in [0.4, 0.5) is 0 Å². The van der Waals surface area contributed by atoms with Gasteiger partial charge in [-0.2, -0.15) is 0 Å². The molecular formula is C20H24BrNO2. The molecule has 0 amide bonds. The third-order valence-corrected chi connectivity index (χ3v) is 6.27. The predicted molar refractivity (Wildman–Crippen MR) is 98.5 cm³/mol. The summed E-state index contributed by atoms with van der Waals surface area (Å²) in [5.74, 6) is -0.101. The molecule has 0 unspecified atom stereocenters. The number of aromatic nitrogens is 1. The average Bonchev–Trinajstić information content (AvgIpc) is 2.81. The molecule has 3 rings (SSSR count). The summed E-state index contributed by atoms with van der Waals surface area (Å²) in [6.07, 6.45) is 4.88. The first-order valence-electron chi connectivity index (χ1n) is 8.27. The Kier molecular flexibility index (Phi) is 4.37. The number of carbonyl (C=O) groups excluding carboxylic acids is 1. The average molecular weight is 390 g/mol. The first-order valence-corrected chi connectivity index (χ1v) is 9.07. The minimum atomic E-state index is -0.0897. The van der Waals surface area contributed by atoms with Crippen LogP contribution in [0.25, 0.3) is 0 Å². The number of carbonyl (C=O) groups is 1. The molecular weight excluding hydrogens is 366 g/mol. The minimum absolute atomic E-state index is 0.0113. The van der Waals surface area contributed by atoms with Crippen LogP contribution >= 0.6 is 15.9 Å². The van der Waals surface area contributed by atoms with Gasteiger partial charge in [-0.05, 0) is 46.6 Å². The van der Waals surface area contributed by atoms with Gasteiger partial charge < -0.3 is 9.30 Å². The lowest BCUT2D eigenvalue weighted by Crippen LogP contribution is -2.13. The van der Waals surface area contributed by atoms with E-state index in [0.717, 1.165) is 10.9 Å². The van der Waals surface area contributed by atoms with Gasteiger partial charge in [-0.3, -0.25) is 4.79 Å². The number of hydrogen-bond acceptors (Lipinski definition) is 2. The fourth-order valence-electron chi connectivity index (χ4n) is 3.52. The quantitative estimate of drug-likeness (QED) is 0.671. The molecule has 128 valence electrons. The maximum atomic E-state index is 12.3. The maximum absolute atomic E-state index is 12.3. The molecule has 0 bridgehead atoms. The van der Waals surface area contributed by atoms with Crippen molar-refractivity contribution in [1.29, 1.82) is 0 Å². The van der Waals surface area contributed by atoms with Crippen molar-refractivity contribution in [3.8, 4) is 0 Å². The molecule has 0 radical (unpaired) electrons. The van der Waals surface area contributed by atoms with E-state index in [4.69, 9.17) is 4.74 Å². The summed E-state index contributed by atoms with van der Waals surface area (Å²) in [5, 5.41) is 0. The fraction of sp³-hybridized carbons (Fsp3) is 0.450. The molecule has 1 saturated carbocycles. The number of halogens is 1. The molecule has 1 aromatic carbocycles. The van der Waals surface area contributed by atoms with Crippen molar-refractivity contribution < 1.29 is 9.53 Å². The van der Waals surface area contributed by atoms with Crippen LogP contribution in [-0.2, 0) is 22.7 Å². The summed E-state index contributed by atoms with van der Waals surface area (Å²) in [5.41, 5.74) is 2.51. The van der Waals surface area contributed by atoms with Gasteiger partial charge in [-0.15, -0.1) is 0 Å². The number of ether oxygens (including phenoxy) is 1.